The van der Waals surface area contributed by atoms with E-state index in [2.05, 4.69) is 20.7 Å². The molecule has 0 saturated heterocycles. The van der Waals surface area contributed by atoms with Gasteiger partial charge in [0.25, 0.3) is 0 Å². The fourth-order valence-corrected chi connectivity index (χ4v) is 2.12. The highest BCUT2D eigenvalue weighted by Gasteiger charge is 2.15. The minimum Gasteiger partial charge on any atom is -0.465 e. The van der Waals surface area contributed by atoms with Crippen molar-refractivity contribution >= 4 is 32.7 Å². The van der Waals surface area contributed by atoms with Crippen LogP contribution in [0.1, 0.15) is 10.4 Å². The standard InChI is InChI=1S/C12H8BrFO2/c1-16-12(15)8-6-5-7-3-2-4-9(13)10(7)11(8)14/h2-6H,1H3. The molecule has 2 aromatic carbocycles. The number of hydrogen-bond acceptors (Lipinski definition) is 2. The molecule has 2 nitrogen and oxygen atoms in total. The van der Waals surface area contributed by atoms with Crippen LogP contribution in [0.15, 0.2) is 34.8 Å². The highest BCUT2D eigenvalue weighted by atomic mass is 79.9. The summed E-state index contributed by atoms with van der Waals surface area (Å²) in [7, 11) is 1.23. The van der Waals surface area contributed by atoms with Crippen LogP contribution in [0.2, 0.25) is 0 Å². The SMILES string of the molecule is COC(=O)c1ccc2cccc(Br)c2c1F. The van der Waals surface area contributed by atoms with Gasteiger partial charge < -0.3 is 4.74 Å². The lowest BCUT2D eigenvalue weighted by Gasteiger charge is -2.06. The minimum absolute atomic E-state index is 0.0538. The molecule has 82 valence electrons. The van der Waals surface area contributed by atoms with Crippen LogP contribution in [0.4, 0.5) is 4.39 Å². The van der Waals surface area contributed by atoms with E-state index in [0.717, 1.165) is 5.39 Å². The summed E-state index contributed by atoms with van der Waals surface area (Å²) in [4.78, 5) is 11.3. The Morgan fingerprint density at radius 2 is 2.06 bits per heavy atom. The van der Waals surface area contributed by atoms with Crippen LogP contribution in [0.5, 0.6) is 0 Å². The van der Waals surface area contributed by atoms with Crippen molar-refractivity contribution in [2.45, 2.75) is 0 Å². The number of rotatable bonds is 1. The fraction of sp³-hybridized carbons (Fsp3) is 0.0833. The predicted molar refractivity (Wildman–Crippen MR) is 62.9 cm³/mol. The highest BCUT2D eigenvalue weighted by Crippen LogP contribution is 2.28. The van der Waals surface area contributed by atoms with Crippen LogP contribution in [-0.2, 0) is 4.74 Å². The molecule has 0 radical (unpaired) electrons. The van der Waals surface area contributed by atoms with Gasteiger partial charge in [0, 0.05) is 9.86 Å². The van der Waals surface area contributed by atoms with Gasteiger partial charge in [-0.15, -0.1) is 0 Å². The van der Waals surface area contributed by atoms with Crippen LogP contribution in [0.3, 0.4) is 0 Å². The molecule has 0 spiro atoms. The smallest absolute Gasteiger partial charge is 0.340 e. The topological polar surface area (TPSA) is 26.3 Å². The van der Waals surface area contributed by atoms with Gasteiger partial charge in [-0.3, -0.25) is 0 Å². The molecule has 0 fully saturated rings. The van der Waals surface area contributed by atoms with Gasteiger partial charge in [-0.05, 0) is 17.5 Å². The van der Waals surface area contributed by atoms with E-state index in [0.29, 0.717) is 9.86 Å². The van der Waals surface area contributed by atoms with Gasteiger partial charge in [0.05, 0.1) is 12.7 Å². The van der Waals surface area contributed by atoms with E-state index >= 15 is 0 Å². The van der Waals surface area contributed by atoms with Crippen LogP contribution < -0.4 is 0 Å². The number of methoxy groups -OCH3 is 1. The molecule has 0 unspecified atom stereocenters. The maximum absolute atomic E-state index is 14.0. The third kappa shape index (κ3) is 1.69. The molecule has 16 heavy (non-hydrogen) atoms. The van der Waals surface area contributed by atoms with Crippen LogP contribution in [-0.4, -0.2) is 13.1 Å². The largest absolute Gasteiger partial charge is 0.465 e. The van der Waals surface area contributed by atoms with E-state index in [1.165, 1.54) is 13.2 Å². The Hall–Kier alpha value is -1.42. The van der Waals surface area contributed by atoms with Crippen LogP contribution in [0.25, 0.3) is 10.8 Å². The third-order valence-electron chi connectivity index (χ3n) is 2.34. The first-order valence-electron chi connectivity index (χ1n) is 4.60. The summed E-state index contributed by atoms with van der Waals surface area (Å²) in [6, 6.07) is 8.44. The molecule has 0 bridgehead atoms. The van der Waals surface area contributed by atoms with Gasteiger partial charge in [-0.25, -0.2) is 9.18 Å². The Morgan fingerprint density at radius 3 is 2.75 bits per heavy atom. The second-order valence-electron chi connectivity index (χ2n) is 3.26. The monoisotopic (exact) mass is 282 g/mol. The maximum atomic E-state index is 14.0. The van der Waals surface area contributed by atoms with Crippen LogP contribution in [0, 0.1) is 5.82 Å². The number of halogens is 2. The Morgan fingerprint density at radius 1 is 1.31 bits per heavy atom. The lowest BCUT2D eigenvalue weighted by atomic mass is 10.1. The maximum Gasteiger partial charge on any atom is 0.340 e. The molecule has 2 rings (SSSR count). The van der Waals surface area contributed by atoms with Crippen LogP contribution >= 0.6 is 15.9 Å². The summed E-state index contributed by atoms with van der Waals surface area (Å²) in [5.41, 5.74) is -0.0538. The second kappa shape index (κ2) is 4.22. The predicted octanol–water partition coefficient (Wildman–Crippen LogP) is 3.53. The van der Waals surface area contributed by atoms with E-state index in [1.807, 2.05) is 6.07 Å². The Labute approximate surface area is 100 Å². The Kier molecular flexibility index (Phi) is 2.92. The molecule has 0 aliphatic heterocycles. The summed E-state index contributed by atoms with van der Waals surface area (Å²) in [6.45, 7) is 0. The molecule has 0 aliphatic carbocycles. The molecular formula is C12H8BrFO2. The molecule has 0 heterocycles. The Balaban J connectivity index is 2.78. The van der Waals surface area contributed by atoms with Crippen molar-refractivity contribution in [3.8, 4) is 0 Å². The molecule has 0 atom stereocenters. The number of carbonyl (C=O) groups is 1. The second-order valence-corrected chi connectivity index (χ2v) is 4.11. The number of esters is 1. The summed E-state index contributed by atoms with van der Waals surface area (Å²) in [6.07, 6.45) is 0. The first-order chi connectivity index (χ1) is 7.65. The van der Waals surface area contributed by atoms with Crippen molar-refractivity contribution in [3.63, 3.8) is 0 Å². The summed E-state index contributed by atoms with van der Waals surface area (Å²) < 4.78 is 19.2. The molecule has 0 N–H and O–H groups in total. The molecule has 0 aliphatic rings. The van der Waals surface area contributed by atoms with Crippen molar-refractivity contribution in [1.82, 2.24) is 0 Å². The molecule has 0 amide bonds. The van der Waals surface area contributed by atoms with E-state index < -0.39 is 11.8 Å². The number of fused-ring (bicyclic) bond motifs is 1. The molecule has 2 aromatic rings. The highest BCUT2D eigenvalue weighted by molar-refractivity contribution is 9.10. The summed E-state index contributed by atoms with van der Waals surface area (Å²) in [5, 5.41) is 1.13. The van der Waals surface area contributed by atoms with Gasteiger partial charge in [-0.1, -0.05) is 34.1 Å². The molecular weight excluding hydrogens is 275 g/mol. The number of ether oxygens (including phenoxy) is 1. The van der Waals surface area contributed by atoms with Gasteiger partial charge in [0.15, 0.2) is 0 Å². The van der Waals surface area contributed by atoms with E-state index in [1.54, 1.807) is 18.2 Å². The fourth-order valence-electron chi connectivity index (χ4n) is 1.56. The van der Waals surface area contributed by atoms with Crippen molar-refractivity contribution in [2.75, 3.05) is 7.11 Å². The average Bonchev–Trinajstić information content (AvgIpc) is 2.28. The summed E-state index contributed by atoms with van der Waals surface area (Å²) in [5.74, 6) is -1.23. The van der Waals surface area contributed by atoms with Gasteiger partial charge >= 0.3 is 5.97 Å². The molecule has 4 heteroatoms. The van der Waals surface area contributed by atoms with Crippen molar-refractivity contribution in [2.24, 2.45) is 0 Å². The first-order valence-corrected chi connectivity index (χ1v) is 5.39. The number of benzene rings is 2. The van der Waals surface area contributed by atoms with E-state index in [4.69, 9.17) is 0 Å². The zero-order chi connectivity index (χ0) is 11.7. The zero-order valence-electron chi connectivity index (χ0n) is 8.46. The first kappa shape index (κ1) is 11.1. The van der Waals surface area contributed by atoms with Gasteiger partial charge in [0.1, 0.15) is 5.82 Å². The van der Waals surface area contributed by atoms with Gasteiger partial charge in [0.2, 0.25) is 0 Å². The zero-order valence-corrected chi connectivity index (χ0v) is 10.0. The average molecular weight is 283 g/mol. The third-order valence-corrected chi connectivity index (χ3v) is 3.00. The lowest BCUT2D eigenvalue weighted by molar-refractivity contribution is 0.0596. The quantitative estimate of drug-likeness (QED) is 0.748. The normalized spacial score (nSPS) is 10.4. The van der Waals surface area contributed by atoms with Gasteiger partial charge in [-0.2, -0.15) is 0 Å². The van der Waals surface area contributed by atoms with Crippen molar-refractivity contribution < 1.29 is 13.9 Å². The lowest BCUT2D eigenvalue weighted by Crippen LogP contribution is -2.04. The molecule has 0 saturated carbocycles. The minimum atomic E-state index is -0.671. The summed E-state index contributed by atoms with van der Waals surface area (Å²) >= 11 is 3.26. The number of hydrogen-bond donors (Lipinski definition) is 0. The van der Waals surface area contributed by atoms with E-state index in [-0.39, 0.29) is 5.56 Å². The molecule has 0 aromatic heterocycles. The van der Waals surface area contributed by atoms with Crippen molar-refractivity contribution in [3.05, 3.63) is 46.2 Å². The van der Waals surface area contributed by atoms with Crippen molar-refractivity contribution in [1.29, 1.82) is 0 Å². The van der Waals surface area contributed by atoms with E-state index in [9.17, 15) is 9.18 Å². The Bertz CT molecular complexity index is 566. The number of carbonyl (C=O) groups excluding carboxylic acids is 1.